The fraction of sp³-hybridized carbons (Fsp3) is 0.182. The second-order valence-electron chi connectivity index (χ2n) is 7.09. The van der Waals surface area contributed by atoms with E-state index < -0.39 is 0 Å². The summed E-state index contributed by atoms with van der Waals surface area (Å²) in [5.74, 6) is -0.848. The molecule has 0 heterocycles. The van der Waals surface area contributed by atoms with E-state index in [1.165, 1.54) is 0 Å². The maximum atomic E-state index is 12.4. The van der Waals surface area contributed by atoms with Crippen molar-refractivity contribution in [2.45, 2.75) is 13.8 Å². The van der Waals surface area contributed by atoms with Crippen LogP contribution in [0.3, 0.4) is 0 Å². The highest BCUT2D eigenvalue weighted by Gasteiger charge is 2.09. The molecule has 2 amide bonds. The Bertz CT molecular complexity index is 1140. The van der Waals surface area contributed by atoms with Crippen LogP contribution in [0.5, 0.6) is 0 Å². The second kappa shape index (κ2) is 12.3. The van der Waals surface area contributed by atoms with E-state index in [1.54, 1.807) is 62.4 Å². The molecular formula is C22H28N10O2. The number of hydrogen-bond donors (Lipinski definition) is 6. The summed E-state index contributed by atoms with van der Waals surface area (Å²) >= 11 is 0. The summed E-state index contributed by atoms with van der Waals surface area (Å²) in [5, 5.41) is 20.5. The maximum Gasteiger partial charge on any atom is 0.251 e. The van der Waals surface area contributed by atoms with Crippen LogP contribution in [0.4, 0.5) is 0 Å². The Balaban J connectivity index is 1.87. The zero-order valence-corrected chi connectivity index (χ0v) is 18.9. The van der Waals surface area contributed by atoms with E-state index in [1.807, 2.05) is 0 Å². The van der Waals surface area contributed by atoms with Gasteiger partial charge in [0.15, 0.2) is 0 Å². The summed E-state index contributed by atoms with van der Waals surface area (Å²) in [6, 6.07) is 13.7. The van der Waals surface area contributed by atoms with E-state index >= 15 is 0 Å². The number of carbonyl (C=O) groups excluding carboxylic acids is 2. The minimum absolute atomic E-state index is 0.137. The number of guanidine groups is 2. The summed E-state index contributed by atoms with van der Waals surface area (Å²) in [6.07, 6.45) is 0. The minimum atomic E-state index is -0.286. The molecule has 0 saturated carbocycles. The monoisotopic (exact) mass is 464 g/mol. The van der Waals surface area contributed by atoms with Crippen LogP contribution in [0, 0.1) is 0 Å². The van der Waals surface area contributed by atoms with Crippen molar-refractivity contribution < 1.29 is 9.59 Å². The van der Waals surface area contributed by atoms with Gasteiger partial charge in [-0.2, -0.15) is 10.2 Å². The van der Waals surface area contributed by atoms with Crippen LogP contribution in [-0.2, 0) is 0 Å². The molecule has 2 aromatic rings. The van der Waals surface area contributed by atoms with E-state index in [9.17, 15) is 9.59 Å². The Kier molecular flexibility index (Phi) is 9.26. The third-order valence-electron chi connectivity index (χ3n) is 4.43. The molecule has 0 saturated heterocycles. The molecular weight excluding hydrogens is 436 g/mol. The van der Waals surface area contributed by atoms with Gasteiger partial charge in [-0.05, 0) is 49.2 Å². The number of rotatable bonds is 9. The lowest BCUT2D eigenvalue weighted by Crippen LogP contribution is -2.34. The van der Waals surface area contributed by atoms with E-state index in [2.05, 4.69) is 31.0 Å². The number of nitrogens with two attached hydrogens (primary N) is 4. The molecule has 12 heteroatoms. The van der Waals surface area contributed by atoms with Gasteiger partial charge in [0.25, 0.3) is 11.8 Å². The van der Waals surface area contributed by atoms with Gasteiger partial charge in [-0.1, -0.05) is 24.3 Å². The lowest BCUT2D eigenvalue weighted by molar-refractivity contribution is 0.0927. The molecule has 2 aromatic carbocycles. The smallest absolute Gasteiger partial charge is 0.251 e. The molecule has 0 radical (unpaired) electrons. The molecule has 0 aliphatic carbocycles. The van der Waals surface area contributed by atoms with Gasteiger partial charge >= 0.3 is 0 Å². The topological polar surface area (TPSA) is 212 Å². The Hall–Kier alpha value is -4.74. The molecule has 2 rings (SSSR count). The Labute approximate surface area is 196 Å². The molecule has 10 N–H and O–H groups in total. The Morgan fingerprint density at radius 3 is 1.62 bits per heavy atom. The van der Waals surface area contributed by atoms with E-state index in [-0.39, 0.29) is 36.8 Å². The third-order valence-corrected chi connectivity index (χ3v) is 4.43. The molecule has 0 atom stereocenters. The first-order valence-corrected chi connectivity index (χ1v) is 10.2. The number of nitrogens with zero attached hydrogens (tertiary/aromatic N) is 4. The van der Waals surface area contributed by atoms with Crippen LogP contribution in [-0.4, -0.2) is 48.2 Å². The highest BCUT2D eigenvalue weighted by molar-refractivity contribution is 6.02. The first kappa shape index (κ1) is 25.5. The van der Waals surface area contributed by atoms with Crippen LogP contribution >= 0.6 is 0 Å². The van der Waals surface area contributed by atoms with Gasteiger partial charge in [0.1, 0.15) is 0 Å². The average molecular weight is 465 g/mol. The van der Waals surface area contributed by atoms with Gasteiger partial charge in [0, 0.05) is 24.2 Å². The first-order chi connectivity index (χ1) is 16.2. The lowest BCUT2D eigenvalue weighted by Gasteiger charge is -2.09. The van der Waals surface area contributed by atoms with Crippen LogP contribution in [0.2, 0.25) is 0 Å². The predicted molar refractivity (Wildman–Crippen MR) is 134 cm³/mol. The molecule has 34 heavy (non-hydrogen) atoms. The SMILES string of the molecule is CC(=NN=C(N)N)c1ccc(C(=O)NCCNC(=O)c2cccc(C(C)=NN=C(N)N)c2)cc1. The van der Waals surface area contributed by atoms with Crippen molar-refractivity contribution in [1.29, 1.82) is 0 Å². The summed E-state index contributed by atoms with van der Waals surface area (Å²) in [4.78, 5) is 24.8. The molecule has 0 aromatic heterocycles. The molecule has 0 bridgehead atoms. The minimum Gasteiger partial charge on any atom is -0.369 e. The van der Waals surface area contributed by atoms with Gasteiger partial charge in [-0.25, -0.2) is 0 Å². The molecule has 0 fully saturated rings. The van der Waals surface area contributed by atoms with Crippen LogP contribution in [0.1, 0.15) is 45.7 Å². The second-order valence-corrected chi connectivity index (χ2v) is 7.09. The van der Waals surface area contributed by atoms with Crippen molar-refractivity contribution in [2.75, 3.05) is 13.1 Å². The van der Waals surface area contributed by atoms with Gasteiger partial charge < -0.3 is 33.6 Å². The zero-order valence-electron chi connectivity index (χ0n) is 18.9. The molecule has 0 unspecified atom stereocenters. The Morgan fingerprint density at radius 1 is 0.647 bits per heavy atom. The lowest BCUT2D eigenvalue weighted by atomic mass is 10.1. The standard InChI is InChI=1S/C22H28N10O2/c1-13(29-31-21(23)24)15-6-8-16(9-7-15)19(33)27-10-11-28-20(34)18-5-3-4-17(12-18)14(2)30-32-22(25)26/h3-9,12H,10-11H2,1-2H3,(H,27,33)(H,28,34)(H4,23,24,31)(H4,25,26,32). The third kappa shape index (κ3) is 8.07. The maximum absolute atomic E-state index is 12.4. The average Bonchev–Trinajstić information content (AvgIpc) is 2.83. The number of nitrogens with one attached hydrogen (secondary N) is 2. The molecule has 12 nitrogen and oxygen atoms in total. The van der Waals surface area contributed by atoms with Gasteiger partial charge in [0.05, 0.1) is 11.4 Å². The van der Waals surface area contributed by atoms with Gasteiger partial charge in [0.2, 0.25) is 11.9 Å². The summed E-state index contributed by atoms with van der Waals surface area (Å²) in [5.41, 5.74) is 24.6. The van der Waals surface area contributed by atoms with Crippen LogP contribution < -0.4 is 33.6 Å². The van der Waals surface area contributed by atoms with Crippen LogP contribution in [0.15, 0.2) is 68.9 Å². The van der Waals surface area contributed by atoms with Crippen molar-refractivity contribution >= 4 is 35.2 Å². The molecule has 178 valence electrons. The molecule has 0 aliphatic rings. The summed E-state index contributed by atoms with van der Waals surface area (Å²) < 4.78 is 0. The number of benzene rings is 2. The zero-order chi connectivity index (χ0) is 25.1. The normalized spacial score (nSPS) is 11.4. The highest BCUT2D eigenvalue weighted by Crippen LogP contribution is 2.08. The molecule has 0 spiro atoms. The number of hydrogen-bond acceptors (Lipinski definition) is 6. The van der Waals surface area contributed by atoms with Crippen molar-refractivity contribution in [1.82, 2.24) is 10.6 Å². The Morgan fingerprint density at radius 2 is 1.09 bits per heavy atom. The first-order valence-electron chi connectivity index (χ1n) is 10.2. The highest BCUT2D eigenvalue weighted by atomic mass is 16.2. The van der Waals surface area contributed by atoms with Crippen LogP contribution in [0.25, 0.3) is 0 Å². The number of carbonyl (C=O) groups is 2. The fourth-order valence-corrected chi connectivity index (χ4v) is 2.69. The van der Waals surface area contributed by atoms with E-state index in [0.717, 1.165) is 5.56 Å². The van der Waals surface area contributed by atoms with Gasteiger partial charge in [-0.15, -0.1) is 10.2 Å². The van der Waals surface area contributed by atoms with Crippen molar-refractivity contribution in [3.63, 3.8) is 0 Å². The van der Waals surface area contributed by atoms with Crippen molar-refractivity contribution in [3.05, 3.63) is 70.8 Å². The summed E-state index contributed by atoms with van der Waals surface area (Å²) in [6.45, 7) is 3.97. The van der Waals surface area contributed by atoms with E-state index in [0.29, 0.717) is 28.1 Å². The van der Waals surface area contributed by atoms with Gasteiger partial charge in [-0.3, -0.25) is 9.59 Å². The number of amides is 2. The largest absolute Gasteiger partial charge is 0.369 e. The van der Waals surface area contributed by atoms with Crippen molar-refractivity contribution in [3.8, 4) is 0 Å². The van der Waals surface area contributed by atoms with Crippen molar-refractivity contribution in [2.24, 2.45) is 43.3 Å². The summed E-state index contributed by atoms with van der Waals surface area (Å²) in [7, 11) is 0. The fourth-order valence-electron chi connectivity index (χ4n) is 2.69. The predicted octanol–water partition coefficient (Wildman–Crippen LogP) is -0.159. The quantitative estimate of drug-likeness (QED) is 0.128. The van der Waals surface area contributed by atoms with E-state index in [4.69, 9.17) is 22.9 Å². The molecule has 0 aliphatic heterocycles.